The summed E-state index contributed by atoms with van der Waals surface area (Å²) in [7, 11) is 0. The number of ether oxygens (including phenoxy) is 2. The van der Waals surface area contributed by atoms with Gasteiger partial charge < -0.3 is 9.47 Å². The minimum Gasteiger partial charge on any atom is -0.464 e. The first kappa shape index (κ1) is 11.4. The van der Waals surface area contributed by atoms with Crippen LogP contribution in [0.4, 0.5) is 0 Å². The molecule has 0 aliphatic carbocycles. The Bertz CT molecular complexity index is 123. The summed E-state index contributed by atoms with van der Waals surface area (Å²) in [5.41, 5.74) is 0. The van der Waals surface area contributed by atoms with E-state index in [2.05, 4.69) is 6.92 Å². The van der Waals surface area contributed by atoms with Crippen molar-refractivity contribution in [2.75, 3.05) is 13.2 Å². The van der Waals surface area contributed by atoms with Crippen LogP contribution in [-0.2, 0) is 14.3 Å². The van der Waals surface area contributed by atoms with Crippen LogP contribution in [0, 0.1) is 6.92 Å². The van der Waals surface area contributed by atoms with Gasteiger partial charge >= 0.3 is 5.97 Å². The van der Waals surface area contributed by atoms with Crippen LogP contribution < -0.4 is 0 Å². The first-order valence-corrected chi connectivity index (χ1v) is 4.33. The summed E-state index contributed by atoms with van der Waals surface area (Å²) in [5, 5.41) is 0. The average Bonchev–Trinajstić information content (AvgIpc) is 2.05. The van der Waals surface area contributed by atoms with Gasteiger partial charge in [0.05, 0.1) is 6.61 Å². The van der Waals surface area contributed by atoms with Crippen molar-refractivity contribution in [3.8, 4) is 0 Å². The van der Waals surface area contributed by atoms with Gasteiger partial charge in [0, 0.05) is 6.61 Å². The highest BCUT2D eigenvalue weighted by atomic mass is 16.6. The third kappa shape index (κ3) is 5.13. The second-order valence-corrected chi connectivity index (χ2v) is 2.47. The Morgan fingerprint density at radius 1 is 1.50 bits per heavy atom. The van der Waals surface area contributed by atoms with Gasteiger partial charge in [-0.15, -0.1) is 0 Å². The Morgan fingerprint density at radius 3 is 2.67 bits per heavy atom. The van der Waals surface area contributed by atoms with Crippen molar-refractivity contribution >= 4 is 5.97 Å². The van der Waals surface area contributed by atoms with Crippen molar-refractivity contribution in [3.63, 3.8) is 0 Å². The fraction of sp³-hybridized carbons (Fsp3) is 0.778. The van der Waals surface area contributed by atoms with Gasteiger partial charge in [-0.25, -0.2) is 4.79 Å². The van der Waals surface area contributed by atoms with Gasteiger partial charge in [-0.2, -0.15) is 0 Å². The quantitative estimate of drug-likeness (QED) is 0.452. The summed E-state index contributed by atoms with van der Waals surface area (Å²) in [6.07, 6.45) is 1.24. The lowest BCUT2D eigenvalue weighted by Gasteiger charge is -2.10. The van der Waals surface area contributed by atoms with Crippen LogP contribution in [0.3, 0.4) is 0 Å². The maximum atomic E-state index is 11.0. The fourth-order valence-corrected chi connectivity index (χ4v) is 0.679. The second-order valence-electron chi connectivity index (χ2n) is 2.47. The molecule has 3 nitrogen and oxygen atoms in total. The summed E-state index contributed by atoms with van der Waals surface area (Å²) in [5.74, 6) is -0.370. The average molecular weight is 173 g/mol. The highest BCUT2D eigenvalue weighted by molar-refractivity contribution is 5.75. The van der Waals surface area contributed by atoms with Crippen molar-refractivity contribution in [2.24, 2.45) is 0 Å². The van der Waals surface area contributed by atoms with E-state index in [9.17, 15) is 4.79 Å². The third-order valence-corrected chi connectivity index (χ3v) is 1.37. The van der Waals surface area contributed by atoms with Crippen LogP contribution in [0.1, 0.15) is 26.7 Å². The second kappa shape index (κ2) is 7.10. The van der Waals surface area contributed by atoms with Crippen molar-refractivity contribution in [2.45, 2.75) is 32.8 Å². The highest BCUT2D eigenvalue weighted by Gasteiger charge is 2.13. The molecule has 0 fully saturated rings. The molecule has 0 aromatic heterocycles. The van der Waals surface area contributed by atoms with Crippen LogP contribution in [0.25, 0.3) is 0 Å². The van der Waals surface area contributed by atoms with Crippen molar-refractivity contribution in [3.05, 3.63) is 6.92 Å². The summed E-state index contributed by atoms with van der Waals surface area (Å²) in [6, 6.07) is 0. The lowest BCUT2D eigenvalue weighted by molar-refractivity contribution is -0.154. The molecule has 0 aromatic rings. The highest BCUT2D eigenvalue weighted by Crippen LogP contribution is 1.95. The molecule has 1 radical (unpaired) electrons. The van der Waals surface area contributed by atoms with Gasteiger partial charge in [0.2, 0.25) is 0 Å². The molecule has 1 unspecified atom stereocenters. The smallest absolute Gasteiger partial charge is 0.335 e. The molecule has 0 N–H and O–H groups in total. The van der Waals surface area contributed by atoms with E-state index in [4.69, 9.17) is 9.47 Å². The summed E-state index contributed by atoms with van der Waals surface area (Å²) in [4.78, 5) is 11.0. The molecule has 0 heterocycles. The fourth-order valence-electron chi connectivity index (χ4n) is 0.679. The predicted molar refractivity (Wildman–Crippen MR) is 46.6 cm³/mol. The SMILES string of the molecule is [CH2]C(OCC)C(=O)OCCCC. The molecule has 1 atom stereocenters. The Balaban J connectivity index is 3.43. The van der Waals surface area contributed by atoms with E-state index in [1.54, 1.807) is 0 Å². The zero-order valence-corrected chi connectivity index (χ0v) is 7.84. The number of esters is 1. The van der Waals surface area contributed by atoms with E-state index in [1.165, 1.54) is 0 Å². The Hall–Kier alpha value is -0.570. The number of hydrogen-bond donors (Lipinski definition) is 0. The van der Waals surface area contributed by atoms with Crippen molar-refractivity contribution < 1.29 is 14.3 Å². The van der Waals surface area contributed by atoms with Crippen LogP contribution in [0.15, 0.2) is 0 Å². The van der Waals surface area contributed by atoms with E-state index < -0.39 is 6.10 Å². The molecule has 0 saturated heterocycles. The maximum absolute atomic E-state index is 11.0. The molecule has 0 aliphatic heterocycles. The van der Waals surface area contributed by atoms with E-state index in [0.29, 0.717) is 13.2 Å². The summed E-state index contributed by atoms with van der Waals surface area (Å²) >= 11 is 0. The topological polar surface area (TPSA) is 35.5 Å². The molecule has 3 heteroatoms. The van der Waals surface area contributed by atoms with Gasteiger partial charge in [-0.1, -0.05) is 13.3 Å². The first-order chi connectivity index (χ1) is 5.72. The number of carbonyl (C=O) groups is 1. The van der Waals surface area contributed by atoms with Gasteiger partial charge in [0.1, 0.15) is 0 Å². The van der Waals surface area contributed by atoms with E-state index in [1.807, 2.05) is 13.8 Å². The molecule has 0 aliphatic rings. The number of carbonyl (C=O) groups excluding carboxylic acids is 1. The lowest BCUT2D eigenvalue weighted by atomic mass is 10.3. The lowest BCUT2D eigenvalue weighted by Crippen LogP contribution is -2.23. The number of hydrogen-bond acceptors (Lipinski definition) is 3. The number of rotatable bonds is 6. The van der Waals surface area contributed by atoms with E-state index >= 15 is 0 Å². The first-order valence-electron chi connectivity index (χ1n) is 4.33. The van der Waals surface area contributed by atoms with Crippen molar-refractivity contribution in [1.82, 2.24) is 0 Å². The third-order valence-electron chi connectivity index (χ3n) is 1.37. The predicted octanol–water partition coefficient (Wildman–Crippen LogP) is 1.57. The Labute approximate surface area is 74.0 Å². The number of unbranched alkanes of at least 4 members (excludes halogenated alkanes) is 1. The molecule has 0 rings (SSSR count). The minimum absolute atomic E-state index is 0.370. The zero-order valence-electron chi connectivity index (χ0n) is 7.84. The monoisotopic (exact) mass is 173 g/mol. The molecular formula is C9H17O3. The Morgan fingerprint density at radius 2 is 2.17 bits per heavy atom. The maximum Gasteiger partial charge on any atom is 0.335 e. The molecule has 0 aromatic carbocycles. The van der Waals surface area contributed by atoms with Gasteiger partial charge in [-0.3, -0.25) is 0 Å². The largest absolute Gasteiger partial charge is 0.464 e. The standard InChI is InChI=1S/C9H17O3/c1-4-6-7-12-9(10)8(3)11-5-2/h8H,3-7H2,1-2H3. The van der Waals surface area contributed by atoms with Crippen molar-refractivity contribution in [1.29, 1.82) is 0 Å². The Kier molecular flexibility index (Phi) is 6.76. The molecule has 0 bridgehead atoms. The zero-order chi connectivity index (χ0) is 9.40. The molecule has 12 heavy (non-hydrogen) atoms. The molecule has 71 valence electrons. The normalized spacial score (nSPS) is 12.6. The van der Waals surface area contributed by atoms with E-state index in [-0.39, 0.29) is 5.97 Å². The summed E-state index contributed by atoms with van der Waals surface area (Å²) < 4.78 is 9.82. The summed E-state index contributed by atoms with van der Waals surface area (Å²) in [6.45, 7) is 8.32. The van der Waals surface area contributed by atoms with Gasteiger partial charge in [0.25, 0.3) is 0 Å². The van der Waals surface area contributed by atoms with Crippen LogP contribution >= 0.6 is 0 Å². The van der Waals surface area contributed by atoms with Gasteiger partial charge in [-0.05, 0) is 20.3 Å². The molecule has 0 spiro atoms. The minimum atomic E-state index is -0.674. The van der Waals surface area contributed by atoms with Crippen LogP contribution in [-0.4, -0.2) is 25.3 Å². The van der Waals surface area contributed by atoms with Gasteiger partial charge in [0.15, 0.2) is 6.10 Å². The molecule has 0 amide bonds. The molecular weight excluding hydrogens is 156 g/mol. The van der Waals surface area contributed by atoms with Crippen LogP contribution in [0.2, 0.25) is 0 Å². The van der Waals surface area contributed by atoms with Crippen LogP contribution in [0.5, 0.6) is 0 Å². The molecule has 0 saturated carbocycles. The van der Waals surface area contributed by atoms with E-state index in [0.717, 1.165) is 12.8 Å².